The van der Waals surface area contributed by atoms with Gasteiger partial charge in [0, 0.05) is 26.7 Å². The van der Waals surface area contributed by atoms with Gasteiger partial charge in [-0.1, -0.05) is 25.2 Å². The molecule has 0 saturated heterocycles. The maximum absolute atomic E-state index is 5.34. The number of anilines is 1. The molecule has 0 radical (unpaired) electrons. The van der Waals surface area contributed by atoms with Crippen molar-refractivity contribution < 1.29 is 4.74 Å². The van der Waals surface area contributed by atoms with Crippen molar-refractivity contribution in [3.05, 3.63) is 4.88 Å². The summed E-state index contributed by atoms with van der Waals surface area (Å²) in [7, 11) is 5.68. The van der Waals surface area contributed by atoms with Crippen LogP contribution in [0.5, 0.6) is 5.88 Å². The van der Waals surface area contributed by atoms with Crippen LogP contribution in [-0.2, 0) is 6.54 Å². The predicted octanol–water partition coefficient (Wildman–Crippen LogP) is 3.13. The third-order valence-corrected chi connectivity index (χ3v) is 4.22. The number of rotatable bonds is 8. The first-order valence-electron chi connectivity index (χ1n) is 6.88. The minimum Gasteiger partial charge on any atom is -0.480 e. The molecule has 0 spiro atoms. The Morgan fingerprint density at radius 1 is 1.26 bits per heavy atom. The predicted molar refractivity (Wildman–Crippen MR) is 83.4 cm³/mol. The summed E-state index contributed by atoms with van der Waals surface area (Å²) in [5.41, 5.74) is 0. The molecule has 19 heavy (non-hydrogen) atoms. The van der Waals surface area contributed by atoms with E-state index in [9.17, 15) is 0 Å². The van der Waals surface area contributed by atoms with E-state index in [-0.39, 0.29) is 0 Å². The van der Waals surface area contributed by atoms with Gasteiger partial charge in [0.1, 0.15) is 0 Å². The van der Waals surface area contributed by atoms with Crippen molar-refractivity contribution in [2.45, 2.75) is 46.2 Å². The van der Waals surface area contributed by atoms with Gasteiger partial charge >= 0.3 is 0 Å². The Morgan fingerprint density at radius 2 is 1.95 bits per heavy atom. The molecule has 0 amide bonds. The molecule has 1 aromatic rings. The number of hydrogen-bond donors (Lipinski definition) is 1. The second-order valence-corrected chi connectivity index (χ2v) is 6.64. The Bertz CT molecular complexity index is 377. The molecule has 1 rings (SSSR count). The highest BCUT2D eigenvalue weighted by atomic mass is 32.1. The fourth-order valence-electron chi connectivity index (χ4n) is 1.74. The summed E-state index contributed by atoms with van der Waals surface area (Å²) >= 11 is 1.69. The van der Waals surface area contributed by atoms with Crippen LogP contribution >= 0.6 is 11.3 Å². The third-order valence-electron chi connectivity index (χ3n) is 3.01. The molecule has 1 unspecified atom stereocenters. The maximum Gasteiger partial charge on any atom is 0.230 e. The summed E-state index contributed by atoms with van der Waals surface area (Å²) in [6.07, 6.45) is 2.47. The van der Waals surface area contributed by atoms with Gasteiger partial charge in [0.05, 0.1) is 12.0 Å². The first-order chi connectivity index (χ1) is 8.93. The van der Waals surface area contributed by atoms with Crippen LogP contribution in [0.15, 0.2) is 0 Å². The van der Waals surface area contributed by atoms with Crippen LogP contribution in [0, 0.1) is 5.92 Å². The van der Waals surface area contributed by atoms with E-state index in [1.807, 2.05) is 19.0 Å². The summed E-state index contributed by atoms with van der Waals surface area (Å²) in [6.45, 7) is 7.60. The molecular formula is C14H27N3OS. The minimum atomic E-state index is 0.525. The Hall–Kier alpha value is -0.810. The van der Waals surface area contributed by atoms with E-state index in [4.69, 9.17) is 4.74 Å². The molecule has 110 valence electrons. The summed E-state index contributed by atoms with van der Waals surface area (Å²) < 4.78 is 5.34. The highest BCUT2D eigenvalue weighted by Gasteiger charge is 2.13. The SMILES string of the molecule is COc1nc(N(C)C)sc1CNC(C)CCC(C)C. The molecule has 1 N–H and O–H groups in total. The van der Waals surface area contributed by atoms with E-state index in [2.05, 4.69) is 31.1 Å². The highest BCUT2D eigenvalue weighted by Crippen LogP contribution is 2.30. The lowest BCUT2D eigenvalue weighted by Crippen LogP contribution is -2.25. The van der Waals surface area contributed by atoms with Crippen molar-refractivity contribution in [3.63, 3.8) is 0 Å². The molecule has 0 saturated carbocycles. The zero-order valence-corrected chi connectivity index (χ0v) is 13.8. The Balaban J connectivity index is 2.52. The molecule has 4 nitrogen and oxygen atoms in total. The fourth-order valence-corrected chi connectivity index (χ4v) is 2.64. The van der Waals surface area contributed by atoms with Crippen LogP contribution in [0.2, 0.25) is 0 Å². The molecule has 0 aliphatic heterocycles. The summed E-state index contributed by atoms with van der Waals surface area (Å²) in [6, 6.07) is 0.525. The van der Waals surface area contributed by atoms with Crippen molar-refractivity contribution in [2.24, 2.45) is 5.92 Å². The van der Waals surface area contributed by atoms with Gasteiger partial charge in [-0.05, 0) is 25.7 Å². The summed E-state index contributed by atoms with van der Waals surface area (Å²) in [4.78, 5) is 7.64. The standard InChI is InChI=1S/C14H27N3OS/c1-10(2)7-8-11(3)15-9-12-13(18-6)16-14(19-12)17(4)5/h10-11,15H,7-9H2,1-6H3. The number of nitrogens with zero attached hydrogens (tertiary/aromatic N) is 2. The van der Waals surface area contributed by atoms with Crippen molar-refractivity contribution in [2.75, 3.05) is 26.1 Å². The zero-order chi connectivity index (χ0) is 14.4. The number of methoxy groups -OCH3 is 1. The third kappa shape index (κ3) is 5.37. The van der Waals surface area contributed by atoms with Gasteiger partial charge < -0.3 is 15.0 Å². The minimum absolute atomic E-state index is 0.525. The molecule has 0 fully saturated rings. The fraction of sp³-hybridized carbons (Fsp3) is 0.786. The molecule has 0 aromatic carbocycles. The van der Waals surface area contributed by atoms with Gasteiger partial charge in [-0.25, -0.2) is 0 Å². The van der Waals surface area contributed by atoms with Crippen molar-refractivity contribution in [1.82, 2.24) is 10.3 Å². The van der Waals surface area contributed by atoms with E-state index < -0.39 is 0 Å². The van der Waals surface area contributed by atoms with Crippen molar-refractivity contribution in [3.8, 4) is 5.88 Å². The zero-order valence-electron chi connectivity index (χ0n) is 13.0. The van der Waals surface area contributed by atoms with Crippen LogP contribution < -0.4 is 15.0 Å². The Labute approximate surface area is 121 Å². The molecule has 1 aromatic heterocycles. The summed E-state index contributed by atoms with van der Waals surface area (Å²) in [5.74, 6) is 1.51. The maximum atomic E-state index is 5.34. The van der Waals surface area contributed by atoms with Crippen LogP contribution in [-0.4, -0.2) is 32.2 Å². The van der Waals surface area contributed by atoms with E-state index in [1.165, 1.54) is 17.7 Å². The lowest BCUT2D eigenvalue weighted by molar-refractivity contribution is 0.391. The normalized spacial score (nSPS) is 12.8. The second kappa shape index (κ2) is 7.70. The number of hydrogen-bond acceptors (Lipinski definition) is 5. The van der Waals surface area contributed by atoms with E-state index in [1.54, 1.807) is 18.4 Å². The van der Waals surface area contributed by atoms with Crippen LogP contribution in [0.4, 0.5) is 5.13 Å². The first-order valence-corrected chi connectivity index (χ1v) is 7.70. The molecule has 0 aliphatic rings. The van der Waals surface area contributed by atoms with Crippen LogP contribution in [0.25, 0.3) is 0 Å². The smallest absolute Gasteiger partial charge is 0.230 e. The largest absolute Gasteiger partial charge is 0.480 e. The van der Waals surface area contributed by atoms with Gasteiger partial charge in [0.25, 0.3) is 0 Å². The average Bonchev–Trinajstić information content (AvgIpc) is 2.77. The molecule has 1 atom stereocenters. The monoisotopic (exact) mass is 285 g/mol. The van der Waals surface area contributed by atoms with Gasteiger partial charge in [-0.3, -0.25) is 0 Å². The van der Waals surface area contributed by atoms with Crippen LogP contribution in [0.1, 0.15) is 38.5 Å². The Kier molecular flexibility index (Phi) is 6.58. The van der Waals surface area contributed by atoms with E-state index >= 15 is 0 Å². The number of thiazole rings is 1. The molecule has 0 aliphatic carbocycles. The highest BCUT2D eigenvalue weighted by molar-refractivity contribution is 7.15. The van der Waals surface area contributed by atoms with Gasteiger partial charge in [0.15, 0.2) is 5.13 Å². The molecule has 1 heterocycles. The van der Waals surface area contributed by atoms with Crippen molar-refractivity contribution >= 4 is 16.5 Å². The van der Waals surface area contributed by atoms with Gasteiger partial charge in [-0.2, -0.15) is 4.98 Å². The van der Waals surface area contributed by atoms with Crippen molar-refractivity contribution in [1.29, 1.82) is 0 Å². The Morgan fingerprint density at radius 3 is 2.47 bits per heavy atom. The van der Waals surface area contributed by atoms with Crippen LogP contribution in [0.3, 0.4) is 0 Å². The lowest BCUT2D eigenvalue weighted by atomic mass is 10.0. The van der Waals surface area contributed by atoms with E-state index in [0.717, 1.165) is 23.5 Å². The second-order valence-electron chi connectivity index (χ2n) is 5.58. The lowest BCUT2D eigenvalue weighted by Gasteiger charge is -2.14. The topological polar surface area (TPSA) is 37.4 Å². The van der Waals surface area contributed by atoms with Gasteiger partial charge in [-0.15, -0.1) is 0 Å². The van der Waals surface area contributed by atoms with Gasteiger partial charge in [0.2, 0.25) is 5.88 Å². The van der Waals surface area contributed by atoms with E-state index in [0.29, 0.717) is 6.04 Å². The first kappa shape index (κ1) is 16.2. The number of ether oxygens (including phenoxy) is 1. The number of nitrogens with one attached hydrogen (secondary N) is 1. The molecular weight excluding hydrogens is 258 g/mol. The number of aromatic nitrogens is 1. The quantitative estimate of drug-likeness (QED) is 0.796. The molecule has 5 heteroatoms. The summed E-state index contributed by atoms with van der Waals surface area (Å²) in [5, 5.41) is 4.54. The molecule has 0 bridgehead atoms. The average molecular weight is 285 g/mol.